The zero-order valence-corrected chi connectivity index (χ0v) is 16.3. The van der Waals surface area contributed by atoms with Crippen LogP contribution in [-0.2, 0) is 11.3 Å². The fourth-order valence-electron chi connectivity index (χ4n) is 3.42. The van der Waals surface area contributed by atoms with Crippen LogP contribution in [0.25, 0.3) is 21.8 Å². The molecule has 4 nitrogen and oxygen atoms in total. The third-order valence-corrected chi connectivity index (χ3v) is 5.10. The predicted molar refractivity (Wildman–Crippen MR) is 116 cm³/mol. The van der Waals surface area contributed by atoms with Crippen molar-refractivity contribution < 1.29 is 4.79 Å². The summed E-state index contributed by atoms with van der Waals surface area (Å²) in [5, 5.41) is 7.29. The quantitative estimate of drug-likeness (QED) is 0.361. The molecule has 0 atom stereocenters. The highest BCUT2D eigenvalue weighted by Gasteiger charge is 2.11. The fourth-order valence-corrected chi connectivity index (χ4v) is 3.54. The minimum Gasteiger partial charge on any atom is -0.340 e. The Kier molecular flexibility index (Phi) is 5.13. The summed E-state index contributed by atoms with van der Waals surface area (Å²) in [4.78, 5) is 12.3. The summed E-state index contributed by atoms with van der Waals surface area (Å²) < 4.78 is 2.19. The Bertz CT molecular complexity index is 1120. The van der Waals surface area contributed by atoms with Crippen molar-refractivity contribution in [1.29, 1.82) is 0 Å². The van der Waals surface area contributed by atoms with Gasteiger partial charge in [0.05, 0.1) is 5.71 Å². The molecule has 0 unspecified atom stereocenters. The van der Waals surface area contributed by atoms with Crippen molar-refractivity contribution in [2.75, 3.05) is 0 Å². The van der Waals surface area contributed by atoms with Crippen LogP contribution in [-0.4, -0.2) is 16.2 Å². The summed E-state index contributed by atoms with van der Waals surface area (Å²) in [6.07, 6.45) is 0.347. The Morgan fingerprint density at radius 2 is 1.50 bits per heavy atom. The number of halogens is 1. The van der Waals surface area contributed by atoms with Crippen LogP contribution >= 0.6 is 11.6 Å². The highest BCUT2D eigenvalue weighted by atomic mass is 35.5. The van der Waals surface area contributed by atoms with Gasteiger partial charge in [-0.05, 0) is 36.8 Å². The molecule has 0 aliphatic rings. The molecule has 1 heterocycles. The molecule has 0 saturated heterocycles. The second-order valence-corrected chi connectivity index (χ2v) is 7.11. The molecule has 4 aromatic rings. The lowest BCUT2D eigenvalue weighted by Crippen LogP contribution is -2.20. The highest BCUT2D eigenvalue weighted by molar-refractivity contribution is 6.30. The van der Waals surface area contributed by atoms with E-state index in [0.717, 1.165) is 22.3 Å². The van der Waals surface area contributed by atoms with E-state index in [1.807, 2.05) is 43.3 Å². The second kappa shape index (κ2) is 7.87. The minimum absolute atomic E-state index is 0.116. The lowest BCUT2D eigenvalue weighted by molar-refractivity contribution is -0.121. The molecule has 28 heavy (non-hydrogen) atoms. The zero-order valence-electron chi connectivity index (χ0n) is 15.5. The van der Waals surface area contributed by atoms with Crippen molar-refractivity contribution in [2.45, 2.75) is 19.9 Å². The third kappa shape index (κ3) is 3.64. The molecule has 0 spiro atoms. The first-order valence-electron chi connectivity index (χ1n) is 9.18. The van der Waals surface area contributed by atoms with Gasteiger partial charge in [0.15, 0.2) is 0 Å². The van der Waals surface area contributed by atoms with Crippen molar-refractivity contribution >= 4 is 45.0 Å². The van der Waals surface area contributed by atoms with E-state index in [1.54, 1.807) is 12.1 Å². The van der Waals surface area contributed by atoms with Gasteiger partial charge >= 0.3 is 0 Å². The summed E-state index contributed by atoms with van der Waals surface area (Å²) in [5.74, 6) is -0.116. The zero-order chi connectivity index (χ0) is 19.5. The lowest BCUT2D eigenvalue weighted by atomic mass is 10.1. The number of nitrogens with zero attached hydrogens (tertiary/aromatic N) is 2. The van der Waals surface area contributed by atoms with Crippen molar-refractivity contribution in [3.63, 3.8) is 0 Å². The number of carbonyl (C=O) groups is 1. The number of aromatic nitrogens is 1. The summed E-state index contributed by atoms with van der Waals surface area (Å²) in [6.45, 7) is 2.45. The first kappa shape index (κ1) is 18.3. The number of fused-ring (bicyclic) bond motifs is 3. The van der Waals surface area contributed by atoms with Crippen LogP contribution in [0.5, 0.6) is 0 Å². The predicted octanol–water partition coefficient (Wildman–Crippen LogP) is 5.38. The van der Waals surface area contributed by atoms with Crippen LogP contribution in [0.15, 0.2) is 77.9 Å². The molecule has 1 aromatic heterocycles. The smallest absolute Gasteiger partial charge is 0.241 e. The monoisotopic (exact) mass is 389 g/mol. The summed E-state index contributed by atoms with van der Waals surface area (Å²) in [7, 11) is 0. The van der Waals surface area contributed by atoms with E-state index >= 15 is 0 Å². The molecule has 0 saturated carbocycles. The van der Waals surface area contributed by atoms with Crippen molar-refractivity contribution in [2.24, 2.45) is 5.10 Å². The van der Waals surface area contributed by atoms with E-state index in [1.165, 1.54) is 10.8 Å². The van der Waals surface area contributed by atoms with Gasteiger partial charge in [0.25, 0.3) is 0 Å². The number of benzene rings is 3. The number of hydrogen-bond donors (Lipinski definition) is 1. The molecule has 1 amide bonds. The standard InChI is InChI=1S/C23H20ClN3O/c1-16(17-10-12-18(24)13-11-17)25-26-23(28)14-15-27-21-8-4-2-6-19(21)20-7-3-5-9-22(20)27/h2-13H,14-15H2,1H3,(H,26,28). The fraction of sp³-hybridized carbons (Fsp3) is 0.130. The van der Waals surface area contributed by atoms with Gasteiger partial charge in [0.2, 0.25) is 5.91 Å². The summed E-state index contributed by atoms with van der Waals surface area (Å²) in [6, 6.07) is 23.9. The average molecular weight is 390 g/mol. The second-order valence-electron chi connectivity index (χ2n) is 6.68. The van der Waals surface area contributed by atoms with Gasteiger partial charge in [-0.15, -0.1) is 0 Å². The summed E-state index contributed by atoms with van der Waals surface area (Å²) in [5.41, 5.74) is 6.59. The van der Waals surface area contributed by atoms with E-state index in [0.29, 0.717) is 18.0 Å². The van der Waals surface area contributed by atoms with E-state index in [4.69, 9.17) is 11.6 Å². The Balaban J connectivity index is 1.49. The number of aryl methyl sites for hydroxylation is 1. The van der Waals surface area contributed by atoms with Crippen LogP contribution in [0.2, 0.25) is 5.02 Å². The maximum Gasteiger partial charge on any atom is 0.241 e. The number of hydrogen-bond acceptors (Lipinski definition) is 2. The summed E-state index contributed by atoms with van der Waals surface area (Å²) >= 11 is 5.90. The van der Waals surface area contributed by atoms with Crippen LogP contribution in [0, 0.1) is 0 Å². The third-order valence-electron chi connectivity index (χ3n) is 4.85. The van der Waals surface area contributed by atoms with Gasteiger partial charge in [-0.25, -0.2) is 5.43 Å². The number of hydrazone groups is 1. The molecule has 0 bridgehead atoms. The maximum atomic E-state index is 12.3. The molecule has 0 aliphatic heterocycles. The van der Waals surface area contributed by atoms with Gasteiger partial charge < -0.3 is 4.57 Å². The van der Waals surface area contributed by atoms with Gasteiger partial charge in [0, 0.05) is 39.8 Å². The average Bonchev–Trinajstić information content (AvgIpc) is 3.05. The largest absolute Gasteiger partial charge is 0.340 e. The van der Waals surface area contributed by atoms with E-state index in [2.05, 4.69) is 39.4 Å². The Morgan fingerprint density at radius 3 is 2.11 bits per heavy atom. The number of amides is 1. The SMILES string of the molecule is CC(=NNC(=O)CCn1c2ccccc2c2ccccc21)c1ccc(Cl)cc1. The maximum absolute atomic E-state index is 12.3. The highest BCUT2D eigenvalue weighted by Crippen LogP contribution is 2.28. The van der Waals surface area contributed by atoms with Gasteiger partial charge in [-0.2, -0.15) is 5.10 Å². The molecule has 0 fully saturated rings. The molecule has 140 valence electrons. The van der Waals surface area contributed by atoms with Gasteiger partial charge in [-0.3, -0.25) is 4.79 Å². The normalized spacial score (nSPS) is 11.9. The Morgan fingerprint density at radius 1 is 0.929 bits per heavy atom. The first-order chi connectivity index (χ1) is 13.6. The molecular weight excluding hydrogens is 370 g/mol. The van der Waals surface area contributed by atoms with Crippen LogP contribution in [0.3, 0.4) is 0 Å². The molecule has 5 heteroatoms. The molecule has 0 aliphatic carbocycles. The Labute approximate surface area is 168 Å². The molecular formula is C23H20ClN3O. The van der Waals surface area contributed by atoms with E-state index in [-0.39, 0.29) is 5.91 Å². The number of rotatable bonds is 5. The van der Waals surface area contributed by atoms with Crippen LogP contribution in [0.4, 0.5) is 0 Å². The van der Waals surface area contributed by atoms with Gasteiger partial charge in [-0.1, -0.05) is 60.1 Å². The molecule has 0 radical (unpaired) electrons. The molecule has 1 N–H and O–H groups in total. The van der Waals surface area contributed by atoms with Crippen molar-refractivity contribution in [3.05, 3.63) is 83.4 Å². The Hall–Kier alpha value is -3.11. The van der Waals surface area contributed by atoms with Crippen molar-refractivity contribution in [1.82, 2.24) is 9.99 Å². The molecule has 4 rings (SSSR count). The number of carbonyl (C=O) groups excluding carboxylic acids is 1. The molecule has 3 aromatic carbocycles. The van der Waals surface area contributed by atoms with E-state index < -0.39 is 0 Å². The van der Waals surface area contributed by atoms with Crippen LogP contribution in [0.1, 0.15) is 18.9 Å². The minimum atomic E-state index is -0.116. The van der Waals surface area contributed by atoms with Gasteiger partial charge in [0.1, 0.15) is 0 Å². The van der Waals surface area contributed by atoms with Crippen LogP contribution < -0.4 is 5.43 Å². The van der Waals surface area contributed by atoms with E-state index in [9.17, 15) is 4.79 Å². The van der Waals surface area contributed by atoms with Crippen molar-refractivity contribution in [3.8, 4) is 0 Å². The first-order valence-corrected chi connectivity index (χ1v) is 9.56. The lowest BCUT2D eigenvalue weighted by Gasteiger charge is -2.07. The number of para-hydroxylation sites is 2. The topological polar surface area (TPSA) is 46.4 Å². The number of nitrogens with one attached hydrogen (secondary N) is 1.